The minimum atomic E-state index is -3.96. The third-order valence-corrected chi connectivity index (χ3v) is 7.32. The highest BCUT2D eigenvalue weighted by Gasteiger charge is 2.33. The zero-order valence-corrected chi connectivity index (χ0v) is 19.8. The molecule has 5 nitrogen and oxygen atoms in total. The molecule has 1 aliphatic rings. The summed E-state index contributed by atoms with van der Waals surface area (Å²) in [7, 11) is -3.96. The smallest absolute Gasteiger partial charge is 0.339 e. The molecule has 0 N–H and O–H groups in total. The summed E-state index contributed by atoms with van der Waals surface area (Å²) in [5.74, 6) is -0.0595. The molecule has 0 saturated carbocycles. The second-order valence-corrected chi connectivity index (χ2v) is 10.5. The van der Waals surface area contributed by atoms with E-state index in [1.807, 2.05) is 38.1 Å². The minimum absolute atomic E-state index is 0.0764. The molecule has 162 valence electrons. The molecule has 1 saturated heterocycles. The number of hydrogen-bond acceptors (Lipinski definition) is 6. The van der Waals surface area contributed by atoms with Crippen molar-refractivity contribution >= 4 is 56.1 Å². The molecule has 0 atom stereocenters. The highest BCUT2D eigenvalue weighted by molar-refractivity contribution is 8.27. The Bertz CT molecular complexity index is 1330. The van der Waals surface area contributed by atoms with Crippen LogP contribution < -0.4 is 9.08 Å². The maximum absolute atomic E-state index is 13.0. The third-order valence-electron chi connectivity index (χ3n) is 4.76. The summed E-state index contributed by atoms with van der Waals surface area (Å²) in [6.45, 7) is 3.85. The van der Waals surface area contributed by atoms with Crippen molar-refractivity contribution in [1.82, 2.24) is 0 Å². The van der Waals surface area contributed by atoms with E-state index < -0.39 is 10.1 Å². The third kappa shape index (κ3) is 4.77. The van der Waals surface area contributed by atoms with Crippen molar-refractivity contribution in [3.8, 4) is 5.75 Å². The summed E-state index contributed by atoms with van der Waals surface area (Å²) in [5, 5.41) is 0. The lowest BCUT2D eigenvalue weighted by Gasteiger charge is -2.14. The summed E-state index contributed by atoms with van der Waals surface area (Å²) in [6, 6.07) is 20.6. The van der Waals surface area contributed by atoms with E-state index in [-0.39, 0.29) is 16.6 Å². The number of nitrogens with zero attached hydrogens (tertiary/aromatic N) is 1. The van der Waals surface area contributed by atoms with Crippen molar-refractivity contribution in [1.29, 1.82) is 0 Å². The molecule has 0 radical (unpaired) electrons. The predicted octanol–water partition coefficient (Wildman–Crippen LogP) is 5.48. The van der Waals surface area contributed by atoms with Crippen LogP contribution in [0.5, 0.6) is 5.75 Å². The Morgan fingerprint density at radius 1 is 0.938 bits per heavy atom. The number of thiocarbonyl (C=S) groups is 1. The van der Waals surface area contributed by atoms with E-state index in [0.29, 0.717) is 20.5 Å². The number of amides is 1. The molecule has 0 aromatic heterocycles. The molecule has 1 fully saturated rings. The molecule has 3 aromatic carbocycles. The van der Waals surface area contributed by atoms with Gasteiger partial charge in [-0.05, 0) is 61.9 Å². The second kappa shape index (κ2) is 8.90. The van der Waals surface area contributed by atoms with Gasteiger partial charge in [0.1, 0.15) is 10.6 Å². The van der Waals surface area contributed by atoms with E-state index in [1.54, 1.807) is 42.5 Å². The lowest BCUT2D eigenvalue weighted by atomic mass is 10.2. The molecule has 32 heavy (non-hydrogen) atoms. The SMILES string of the molecule is Cc1ccc(N2C(=O)C(=Cc3cccc(OS(=O)(=O)c4ccc(C)cc4)c3)SC2=S)cc1. The van der Waals surface area contributed by atoms with Gasteiger partial charge in [0.15, 0.2) is 4.32 Å². The van der Waals surface area contributed by atoms with Crippen LogP contribution in [0.25, 0.3) is 6.08 Å². The van der Waals surface area contributed by atoms with Gasteiger partial charge in [0, 0.05) is 0 Å². The second-order valence-electron chi connectivity index (χ2n) is 7.28. The number of thioether (sulfide) groups is 1. The molecule has 0 spiro atoms. The minimum Gasteiger partial charge on any atom is -0.379 e. The summed E-state index contributed by atoms with van der Waals surface area (Å²) in [6.07, 6.45) is 1.68. The van der Waals surface area contributed by atoms with Crippen LogP contribution in [0.15, 0.2) is 82.6 Å². The highest BCUT2D eigenvalue weighted by atomic mass is 32.2. The predicted molar refractivity (Wildman–Crippen MR) is 132 cm³/mol. The monoisotopic (exact) mass is 481 g/mol. The zero-order chi connectivity index (χ0) is 22.9. The van der Waals surface area contributed by atoms with Gasteiger partial charge < -0.3 is 4.18 Å². The lowest BCUT2D eigenvalue weighted by Crippen LogP contribution is -2.27. The van der Waals surface area contributed by atoms with Gasteiger partial charge in [0.2, 0.25) is 0 Å². The average molecular weight is 482 g/mol. The largest absolute Gasteiger partial charge is 0.379 e. The van der Waals surface area contributed by atoms with Gasteiger partial charge in [-0.1, -0.05) is 71.5 Å². The van der Waals surface area contributed by atoms with Crippen LogP contribution >= 0.6 is 24.0 Å². The molecule has 1 heterocycles. The Kier molecular flexibility index (Phi) is 6.19. The number of carbonyl (C=O) groups is 1. The van der Waals surface area contributed by atoms with E-state index in [9.17, 15) is 13.2 Å². The van der Waals surface area contributed by atoms with E-state index in [4.69, 9.17) is 16.4 Å². The topological polar surface area (TPSA) is 63.7 Å². The lowest BCUT2D eigenvalue weighted by molar-refractivity contribution is -0.113. The number of anilines is 1. The van der Waals surface area contributed by atoms with Gasteiger partial charge in [-0.3, -0.25) is 9.69 Å². The molecule has 4 rings (SSSR count). The summed E-state index contributed by atoms with van der Waals surface area (Å²) < 4.78 is 30.9. The standard InChI is InChI=1S/C24H19NO4S3/c1-16-6-10-19(11-7-16)25-23(26)22(31-24(25)30)15-18-4-3-5-20(14-18)29-32(27,28)21-12-8-17(2)9-13-21/h3-15H,1-2H3. The number of rotatable bonds is 5. The van der Waals surface area contributed by atoms with Crippen LogP contribution in [0.2, 0.25) is 0 Å². The van der Waals surface area contributed by atoms with Crippen LogP contribution in [0.4, 0.5) is 5.69 Å². The van der Waals surface area contributed by atoms with Gasteiger partial charge >= 0.3 is 10.1 Å². The van der Waals surface area contributed by atoms with Crippen molar-refractivity contribution < 1.29 is 17.4 Å². The van der Waals surface area contributed by atoms with Crippen molar-refractivity contribution in [2.24, 2.45) is 0 Å². The molecule has 0 aliphatic carbocycles. The molecule has 1 aliphatic heterocycles. The van der Waals surface area contributed by atoms with Crippen LogP contribution in [0, 0.1) is 13.8 Å². The van der Waals surface area contributed by atoms with E-state index in [1.165, 1.54) is 28.8 Å². The van der Waals surface area contributed by atoms with Crippen molar-refractivity contribution in [3.63, 3.8) is 0 Å². The molecule has 8 heteroatoms. The summed E-state index contributed by atoms with van der Waals surface area (Å²) in [4.78, 5) is 15.0. The quantitative estimate of drug-likeness (QED) is 0.273. The van der Waals surface area contributed by atoms with Gasteiger partial charge in [-0.25, -0.2) is 0 Å². The Hall–Kier alpha value is -2.94. The maximum atomic E-state index is 13.0. The normalized spacial score (nSPS) is 15.4. The number of carbonyl (C=O) groups excluding carboxylic acids is 1. The first-order valence-corrected chi connectivity index (χ1v) is 12.3. The first-order valence-electron chi connectivity index (χ1n) is 9.69. The van der Waals surface area contributed by atoms with Crippen molar-refractivity contribution in [3.05, 3.63) is 94.4 Å². The van der Waals surface area contributed by atoms with Gasteiger partial charge in [0.25, 0.3) is 5.91 Å². The Morgan fingerprint density at radius 2 is 1.56 bits per heavy atom. The Labute approximate surface area is 196 Å². The van der Waals surface area contributed by atoms with E-state index >= 15 is 0 Å². The number of benzene rings is 3. The first kappa shape index (κ1) is 22.3. The van der Waals surface area contributed by atoms with E-state index in [2.05, 4.69) is 0 Å². The summed E-state index contributed by atoms with van der Waals surface area (Å²) in [5.41, 5.74) is 3.38. The van der Waals surface area contributed by atoms with Crippen LogP contribution in [-0.4, -0.2) is 18.6 Å². The fourth-order valence-electron chi connectivity index (χ4n) is 3.07. The van der Waals surface area contributed by atoms with Crippen LogP contribution in [-0.2, 0) is 14.9 Å². The zero-order valence-electron chi connectivity index (χ0n) is 17.3. The van der Waals surface area contributed by atoms with Gasteiger partial charge in [-0.2, -0.15) is 8.42 Å². The fourth-order valence-corrected chi connectivity index (χ4v) is 5.29. The van der Waals surface area contributed by atoms with Gasteiger partial charge in [0.05, 0.1) is 10.6 Å². The van der Waals surface area contributed by atoms with Gasteiger partial charge in [-0.15, -0.1) is 0 Å². The van der Waals surface area contributed by atoms with Crippen molar-refractivity contribution in [2.45, 2.75) is 18.7 Å². The maximum Gasteiger partial charge on any atom is 0.339 e. The molecule has 3 aromatic rings. The number of aryl methyl sites for hydroxylation is 2. The fraction of sp³-hybridized carbons (Fsp3) is 0.0833. The molecule has 1 amide bonds. The summed E-state index contributed by atoms with van der Waals surface area (Å²) >= 11 is 6.61. The first-order chi connectivity index (χ1) is 15.2. The van der Waals surface area contributed by atoms with Crippen molar-refractivity contribution in [2.75, 3.05) is 4.90 Å². The highest BCUT2D eigenvalue weighted by Crippen LogP contribution is 2.36. The Balaban J connectivity index is 1.57. The molecular weight excluding hydrogens is 462 g/mol. The Morgan fingerprint density at radius 3 is 2.22 bits per heavy atom. The van der Waals surface area contributed by atoms with E-state index in [0.717, 1.165) is 11.1 Å². The van der Waals surface area contributed by atoms with Crippen LogP contribution in [0.3, 0.4) is 0 Å². The average Bonchev–Trinajstić information content (AvgIpc) is 3.02. The van der Waals surface area contributed by atoms with Crippen LogP contribution in [0.1, 0.15) is 16.7 Å². The number of hydrogen-bond donors (Lipinski definition) is 0. The molecule has 0 bridgehead atoms. The molecule has 0 unspecified atom stereocenters. The molecular formula is C24H19NO4S3.